The molecule has 0 fully saturated rings. The van der Waals surface area contributed by atoms with Gasteiger partial charge < -0.3 is 0 Å². The van der Waals surface area contributed by atoms with Crippen LogP contribution in [0.3, 0.4) is 0 Å². The molecule has 0 aliphatic heterocycles. The Morgan fingerprint density at radius 2 is 2.00 bits per heavy atom. The van der Waals surface area contributed by atoms with Gasteiger partial charge in [-0.3, -0.25) is 10.4 Å². The van der Waals surface area contributed by atoms with Crippen molar-refractivity contribution >= 4 is 31.7 Å². The third-order valence-electron chi connectivity index (χ3n) is 1.18. The Labute approximate surface area is 82.7 Å². The first-order chi connectivity index (χ1) is 6.10. The van der Waals surface area contributed by atoms with Gasteiger partial charge in [-0.15, -0.1) is 0 Å². The number of nitrogens with one attached hydrogen (secondary N) is 1. The molecular formula is C5H6ClF3N2O2S. The van der Waals surface area contributed by atoms with Gasteiger partial charge in [0.25, 0.3) is 0 Å². The van der Waals surface area contributed by atoms with Crippen molar-refractivity contribution in [1.29, 1.82) is 5.41 Å². The number of aliphatic imine (C=N–C) groups is 1. The van der Waals surface area contributed by atoms with Crippen molar-refractivity contribution in [2.24, 2.45) is 4.99 Å². The molecule has 9 heteroatoms. The quantitative estimate of drug-likeness (QED) is 0.604. The fourth-order valence-corrected chi connectivity index (χ4v) is 1.67. The smallest absolute Gasteiger partial charge is 0.299 e. The van der Waals surface area contributed by atoms with Crippen LogP contribution >= 0.6 is 10.7 Å². The van der Waals surface area contributed by atoms with Gasteiger partial charge in [0.2, 0.25) is 9.05 Å². The standard InChI is InChI=1S/C5H6ClF3N2O2S/c1-11-2-3(14(6,12)13)4(10)5(7,8)9/h2-3,10H,1H3. The highest BCUT2D eigenvalue weighted by Gasteiger charge is 2.43. The number of nitrogens with zero attached hydrogens (tertiary/aromatic N) is 1. The van der Waals surface area contributed by atoms with Gasteiger partial charge in [-0.2, -0.15) is 13.2 Å². The third kappa shape index (κ3) is 3.62. The number of hydrogen-bond donors (Lipinski definition) is 1. The van der Waals surface area contributed by atoms with E-state index in [0.29, 0.717) is 6.21 Å². The molecule has 0 spiro atoms. The largest absolute Gasteiger partial charge is 0.430 e. The average molecular weight is 251 g/mol. The summed E-state index contributed by atoms with van der Waals surface area (Å²) in [5.41, 5.74) is -1.96. The molecule has 0 aromatic rings. The van der Waals surface area contributed by atoms with Gasteiger partial charge in [0.15, 0.2) is 5.25 Å². The molecule has 82 valence electrons. The Morgan fingerprint density at radius 1 is 1.57 bits per heavy atom. The zero-order valence-electron chi connectivity index (χ0n) is 6.84. The van der Waals surface area contributed by atoms with Crippen LogP contribution in [0.15, 0.2) is 4.99 Å². The molecule has 1 N–H and O–H groups in total. The molecule has 4 nitrogen and oxygen atoms in total. The lowest BCUT2D eigenvalue weighted by Gasteiger charge is -2.12. The first-order valence-electron chi connectivity index (χ1n) is 3.12. The fourth-order valence-electron chi connectivity index (χ4n) is 0.585. The average Bonchev–Trinajstić information content (AvgIpc) is 1.94. The predicted octanol–water partition coefficient (Wildman–Crippen LogP) is 1.21. The van der Waals surface area contributed by atoms with Gasteiger partial charge in [-0.25, -0.2) is 8.42 Å². The van der Waals surface area contributed by atoms with Crippen LogP contribution < -0.4 is 0 Å². The molecule has 0 aliphatic carbocycles. The molecule has 0 rings (SSSR count). The van der Waals surface area contributed by atoms with E-state index in [1.165, 1.54) is 0 Å². The molecule has 0 saturated heterocycles. The van der Waals surface area contributed by atoms with Crippen molar-refractivity contribution in [3.63, 3.8) is 0 Å². The molecular weight excluding hydrogens is 245 g/mol. The van der Waals surface area contributed by atoms with E-state index >= 15 is 0 Å². The summed E-state index contributed by atoms with van der Waals surface area (Å²) in [6.07, 6.45) is -4.58. The maximum atomic E-state index is 11.9. The van der Waals surface area contributed by atoms with Crippen molar-refractivity contribution in [2.45, 2.75) is 11.4 Å². The van der Waals surface area contributed by atoms with Gasteiger partial charge in [-0.05, 0) is 0 Å². The van der Waals surface area contributed by atoms with Crippen LogP contribution in [0, 0.1) is 5.41 Å². The second kappa shape index (κ2) is 4.26. The predicted molar refractivity (Wildman–Crippen MR) is 46.8 cm³/mol. The maximum absolute atomic E-state index is 11.9. The molecule has 0 bridgehead atoms. The zero-order valence-corrected chi connectivity index (χ0v) is 8.41. The first-order valence-corrected chi connectivity index (χ1v) is 5.49. The highest BCUT2D eigenvalue weighted by molar-refractivity contribution is 8.15. The minimum atomic E-state index is -5.03. The molecule has 0 amide bonds. The lowest BCUT2D eigenvalue weighted by atomic mass is 10.3. The summed E-state index contributed by atoms with van der Waals surface area (Å²) in [6.45, 7) is 0. The fraction of sp³-hybridized carbons (Fsp3) is 0.600. The summed E-state index contributed by atoms with van der Waals surface area (Å²) in [7, 11) is 1.27. The highest BCUT2D eigenvalue weighted by atomic mass is 35.7. The van der Waals surface area contributed by atoms with Crippen LogP contribution in [0.2, 0.25) is 0 Å². The Hall–Kier alpha value is -0.630. The summed E-state index contributed by atoms with van der Waals surface area (Å²) in [5.74, 6) is 0. The van der Waals surface area contributed by atoms with E-state index in [9.17, 15) is 21.6 Å². The summed E-state index contributed by atoms with van der Waals surface area (Å²) in [4.78, 5) is 3.11. The minimum absolute atomic E-state index is 0.457. The van der Waals surface area contributed by atoms with E-state index in [2.05, 4.69) is 4.99 Å². The normalized spacial score (nSPS) is 15.8. The van der Waals surface area contributed by atoms with E-state index in [1.54, 1.807) is 0 Å². The first kappa shape index (κ1) is 13.4. The van der Waals surface area contributed by atoms with Crippen LogP contribution in [-0.4, -0.2) is 38.8 Å². The molecule has 0 heterocycles. The highest BCUT2D eigenvalue weighted by Crippen LogP contribution is 2.22. The van der Waals surface area contributed by atoms with Gasteiger partial charge in [0.1, 0.15) is 5.71 Å². The molecule has 1 atom stereocenters. The van der Waals surface area contributed by atoms with E-state index in [0.717, 1.165) is 7.05 Å². The molecule has 0 aliphatic rings. The van der Waals surface area contributed by atoms with Crippen LogP contribution in [0.4, 0.5) is 13.2 Å². The van der Waals surface area contributed by atoms with Crippen LogP contribution in [0.1, 0.15) is 0 Å². The van der Waals surface area contributed by atoms with E-state index in [1.807, 2.05) is 0 Å². The maximum Gasteiger partial charge on any atom is 0.430 e. The van der Waals surface area contributed by atoms with Crippen LogP contribution in [0.5, 0.6) is 0 Å². The molecule has 14 heavy (non-hydrogen) atoms. The SMILES string of the molecule is CN=CC(C(=N)C(F)(F)F)S(=O)(=O)Cl. The Morgan fingerprint density at radius 3 is 2.21 bits per heavy atom. The third-order valence-corrected chi connectivity index (χ3v) is 2.72. The number of hydrogen-bond acceptors (Lipinski definition) is 4. The Bertz CT molecular complexity index is 348. The summed E-state index contributed by atoms with van der Waals surface area (Å²) >= 11 is 0. The number of alkyl halides is 3. The number of halogens is 4. The Kier molecular flexibility index (Phi) is 4.07. The van der Waals surface area contributed by atoms with Gasteiger partial charge in [0, 0.05) is 23.9 Å². The lowest BCUT2D eigenvalue weighted by molar-refractivity contribution is -0.0603. The Balaban J connectivity index is 5.17. The lowest BCUT2D eigenvalue weighted by Crippen LogP contribution is -2.38. The van der Waals surface area contributed by atoms with Gasteiger partial charge in [-0.1, -0.05) is 0 Å². The molecule has 0 saturated carbocycles. The molecule has 0 aromatic heterocycles. The molecule has 0 aromatic carbocycles. The summed E-state index contributed by atoms with van der Waals surface area (Å²) in [6, 6.07) is 0. The van der Waals surface area contributed by atoms with Crippen molar-refractivity contribution < 1.29 is 21.6 Å². The topological polar surface area (TPSA) is 70.3 Å². The van der Waals surface area contributed by atoms with Crippen molar-refractivity contribution in [1.82, 2.24) is 0 Å². The number of rotatable bonds is 3. The van der Waals surface area contributed by atoms with E-state index in [4.69, 9.17) is 16.1 Å². The van der Waals surface area contributed by atoms with Gasteiger partial charge in [0.05, 0.1) is 0 Å². The van der Waals surface area contributed by atoms with E-state index in [-0.39, 0.29) is 0 Å². The second-order valence-electron chi connectivity index (χ2n) is 2.21. The molecule has 1 unspecified atom stereocenters. The van der Waals surface area contributed by atoms with Crippen molar-refractivity contribution in [3.8, 4) is 0 Å². The van der Waals surface area contributed by atoms with Gasteiger partial charge >= 0.3 is 6.18 Å². The van der Waals surface area contributed by atoms with Crippen LogP contribution in [-0.2, 0) is 9.05 Å². The van der Waals surface area contributed by atoms with Crippen molar-refractivity contribution in [3.05, 3.63) is 0 Å². The second-order valence-corrected chi connectivity index (χ2v) is 4.96. The zero-order chi connectivity index (χ0) is 11.6. The summed E-state index contributed by atoms with van der Waals surface area (Å²) < 4.78 is 57.1. The van der Waals surface area contributed by atoms with Crippen LogP contribution in [0.25, 0.3) is 0 Å². The monoisotopic (exact) mass is 250 g/mol. The molecule has 0 radical (unpaired) electrons. The summed E-state index contributed by atoms with van der Waals surface area (Å²) in [5, 5.41) is 4.32. The van der Waals surface area contributed by atoms with Crippen molar-refractivity contribution in [2.75, 3.05) is 7.05 Å². The van der Waals surface area contributed by atoms with E-state index < -0.39 is 26.2 Å². The minimum Gasteiger partial charge on any atom is -0.299 e.